The Morgan fingerprint density at radius 3 is 3.04 bits per heavy atom. The van der Waals surface area contributed by atoms with E-state index in [1.165, 1.54) is 0 Å². The summed E-state index contributed by atoms with van der Waals surface area (Å²) in [5.74, 6) is -0.115. The number of aryl methyl sites for hydroxylation is 1. The fourth-order valence-corrected chi connectivity index (χ4v) is 2.68. The van der Waals surface area contributed by atoms with Crippen LogP contribution in [0.3, 0.4) is 0 Å². The van der Waals surface area contributed by atoms with E-state index in [9.17, 15) is 9.59 Å². The molecule has 1 aliphatic heterocycles. The van der Waals surface area contributed by atoms with Gasteiger partial charge >= 0.3 is 0 Å². The number of benzene rings is 1. The molecule has 7 heteroatoms. The highest BCUT2D eigenvalue weighted by molar-refractivity contribution is 6.01. The topological polar surface area (TPSA) is 96.1 Å². The molecule has 0 saturated carbocycles. The number of rotatable bonds is 6. The second-order valence-electron chi connectivity index (χ2n) is 6.06. The number of amides is 2. The van der Waals surface area contributed by atoms with E-state index in [1.54, 1.807) is 18.2 Å². The summed E-state index contributed by atoms with van der Waals surface area (Å²) in [6.45, 7) is 2.21. The van der Waals surface area contributed by atoms with Gasteiger partial charge in [0.2, 0.25) is 0 Å². The smallest absolute Gasteiger partial charge is 0.272 e. The van der Waals surface area contributed by atoms with Crippen molar-refractivity contribution < 1.29 is 14.3 Å². The molecule has 2 aromatic rings. The zero-order chi connectivity index (χ0) is 17.6. The predicted molar refractivity (Wildman–Crippen MR) is 93.6 cm³/mol. The molecule has 1 atom stereocenters. The molecule has 0 fully saturated rings. The Kier molecular flexibility index (Phi) is 5.33. The summed E-state index contributed by atoms with van der Waals surface area (Å²) in [6.07, 6.45) is 4.19. The molecule has 25 heavy (non-hydrogen) atoms. The highest BCUT2D eigenvalue weighted by atomic mass is 16.5. The zero-order valence-electron chi connectivity index (χ0n) is 14.2. The van der Waals surface area contributed by atoms with Crippen LogP contribution in [0.15, 0.2) is 30.3 Å². The zero-order valence-corrected chi connectivity index (χ0v) is 14.2. The first kappa shape index (κ1) is 17.0. The van der Waals surface area contributed by atoms with Crippen molar-refractivity contribution in [3.63, 3.8) is 0 Å². The third-order valence-corrected chi connectivity index (χ3v) is 4.09. The summed E-state index contributed by atoms with van der Waals surface area (Å²) >= 11 is 0. The average molecular weight is 342 g/mol. The number of aromatic amines is 1. The molecule has 0 unspecified atom stereocenters. The number of hydrogen-bond donors (Lipinski definition) is 3. The first-order valence-electron chi connectivity index (χ1n) is 8.55. The predicted octanol–water partition coefficient (Wildman–Crippen LogP) is 2.27. The minimum atomic E-state index is -0.778. The lowest BCUT2D eigenvalue weighted by Gasteiger charge is -2.13. The van der Waals surface area contributed by atoms with Crippen molar-refractivity contribution in [1.82, 2.24) is 15.5 Å². The average Bonchev–Trinajstić information content (AvgIpc) is 3.02. The van der Waals surface area contributed by atoms with E-state index in [0.717, 1.165) is 31.4 Å². The third kappa shape index (κ3) is 4.17. The fourth-order valence-electron chi connectivity index (χ4n) is 2.68. The van der Waals surface area contributed by atoms with Crippen molar-refractivity contribution >= 4 is 17.5 Å². The van der Waals surface area contributed by atoms with Crippen LogP contribution in [0.5, 0.6) is 5.75 Å². The monoisotopic (exact) mass is 342 g/mol. The number of H-pyrrole nitrogens is 1. The van der Waals surface area contributed by atoms with Crippen LogP contribution in [-0.2, 0) is 11.2 Å². The highest BCUT2D eigenvalue weighted by Crippen LogP contribution is 2.26. The summed E-state index contributed by atoms with van der Waals surface area (Å²) in [5, 5.41) is 12.4. The minimum Gasteiger partial charge on any atom is -0.489 e. The van der Waals surface area contributed by atoms with Gasteiger partial charge < -0.3 is 15.4 Å². The molecule has 1 aromatic carbocycles. The van der Waals surface area contributed by atoms with Gasteiger partial charge in [0.25, 0.3) is 11.8 Å². The van der Waals surface area contributed by atoms with Crippen LogP contribution < -0.4 is 15.4 Å². The van der Waals surface area contributed by atoms with Crippen molar-refractivity contribution in [2.24, 2.45) is 0 Å². The summed E-state index contributed by atoms with van der Waals surface area (Å²) in [7, 11) is 0. The molecule has 3 rings (SSSR count). The minimum absolute atomic E-state index is 0.0718. The molecule has 132 valence electrons. The third-order valence-electron chi connectivity index (χ3n) is 4.09. The lowest BCUT2D eigenvalue weighted by Crippen LogP contribution is -2.46. The summed E-state index contributed by atoms with van der Waals surface area (Å²) in [4.78, 5) is 24.6. The van der Waals surface area contributed by atoms with Crippen molar-refractivity contribution in [2.45, 2.75) is 38.6 Å². The second kappa shape index (κ2) is 7.83. The van der Waals surface area contributed by atoms with Crippen molar-refractivity contribution in [3.05, 3.63) is 41.7 Å². The van der Waals surface area contributed by atoms with Gasteiger partial charge in [0.15, 0.2) is 0 Å². The first-order chi connectivity index (χ1) is 12.2. The number of aromatic nitrogens is 2. The van der Waals surface area contributed by atoms with E-state index in [4.69, 9.17) is 4.74 Å². The molecule has 0 radical (unpaired) electrons. The van der Waals surface area contributed by atoms with E-state index in [-0.39, 0.29) is 18.2 Å². The van der Waals surface area contributed by atoms with E-state index in [2.05, 4.69) is 27.8 Å². The van der Waals surface area contributed by atoms with Gasteiger partial charge in [-0.1, -0.05) is 31.9 Å². The van der Waals surface area contributed by atoms with Gasteiger partial charge in [0.05, 0.1) is 5.69 Å². The quantitative estimate of drug-likeness (QED) is 0.702. The second-order valence-corrected chi connectivity index (χ2v) is 6.06. The number of unbranched alkanes of at least 4 members (excludes halogenated alkanes) is 2. The van der Waals surface area contributed by atoms with Crippen LogP contribution in [0.1, 0.15) is 42.4 Å². The van der Waals surface area contributed by atoms with Crippen LogP contribution in [0.2, 0.25) is 0 Å². The fraction of sp³-hybridized carbons (Fsp3) is 0.389. The maximum absolute atomic E-state index is 12.4. The number of ether oxygens (including phenoxy) is 1. The van der Waals surface area contributed by atoms with Gasteiger partial charge in [-0.05, 0) is 31.0 Å². The largest absolute Gasteiger partial charge is 0.489 e. The van der Waals surface area contributed by atoms with Gasteiger partial charge in [0, 0.05) is 5.69 Å². The maximum Gasteiger partial charge on any atom is 0.272 e. The molecule has 0 spiro atoms. The molecular weight excluding hydrogens is 320 g/mol. The summed E-state index contributed by atoms with van der Waals surface area (Å²) in [6, 6.07) is 8.12. The Bertz CT molecular complexity index is 756. The molecular formula is C18H22N4O3. The number of anilines is 1. The summed E-state index contributed by atoms with van der Waals surface area (Å²) in [5.41, 5.74) is 1.80. The number of nitrogens with one attached hydrogen (secondary N) is 3. The van der Waals surface area contributed by atoms with E-state index < -0.39 is 11.9 Å². The first-order valence-corrected chi connectivity index (χ1v) is 8.55. The van der Waals surface area contributed by atoms with Gasteiger partial charge in [-0.25, -0.2) is 0 Å². The standard InChI is InChI=1S/C18H22N4O3/c1-2-3-4-7-12-10-14(22-21-12)17(23)20-15-11-25-16-9-6-5-8-13(16)19-18(15)24/h5-6,8-10,15H,2-4,7,11H2,1H3,(H,19,24)(H,20,23)(H,21,22)/t15-/m0/s1. The van der Waals surface area contributed by atoms with Crippen molar-refractivity contribution in [2.75, 3.05) is 11.9 Å². The molecule has 0 aliphatic carbocycles. The highest BCUT2D eigenvalue weighted by Gasteiger charge is 2.27. The van der Waals surface area contributed by atoms with Crippen LogP contribution in [0.4, 0.5) is 5.69 Å². The number of nitrogens with zero attached hydrogens (tertiary/aromatic N) is 1. The van der Waals surface area contributed by atoms with Gasteiger partial charge in [-0.15, -0.1) is 0 Å². The lowest BCUT2D eigenvalue weighted by molar-refractivity contribution is -0.118. The van der Waals surface area contributed by atoms with Crippen LogP contribution in [0.25, 0.3) is 0 Å². The number of para-hydroxylation sites is 2. The van der Waals surface area contributed by atoms with Crippen LogP contribution in [-0.4, -0.2) is 34.7 Å². The Morgan fingerprint density at radius 2 is 2.20 bits per heavy atom. The van der Waals surface area contributed by atoms with E-state index in [1.807, 2.05) is 12.1 Å². The molecule has 3 N–H and O–H groups in total. The number of hydrogen-bond acceptors (Lipinski definition) is 4. The van der Waals surface area contributed by atoms with Gasteiger partial charge in [-0.3, -0.25) is 14.7 Å². The van der Waals surface area contributed by atoms with Gasteiger partial charge in [0.1, 0.15) is 24.1 Å². The Balaban J connectivity index is 1.60. The lowest BCUT2D eigenvalue weighted by atomic mass is 10.1. The van der Waals surface area contributed by atoms with Crippen LogP contribution in [0, 0.1) is 0 Å². The molecule has 0 saturated heterocycles. The Hall–Kier alpha value is -2.83. The Morgan fingerprint density at radius 1 is 1.36 bits per heavy atom. The molecule has 2 amide bonds. The normalized spacial score (nSPS) is 16.4. The van der Waals surface area contributed by atoms with Gasteiger partial charge in [-0.2, -0.15) is 5.10 Å². The Labute approximate surface area is 146 Å². The SMILES string of the molecule is CCCCCc1cc(C(=O)N[C@H]2COc3ccccc3NC2=O)n[nH]1. The van der Waals surface area contributed by atoms with Crippen LogP contribution >= 0.6 is 0 Å². The van der Waals surface area contributed by atoms with Crippen molar-refractivity contribution in [3.8, 4) is 5.75 Å². The molecule has 7 nitrogen and oxygen atoms in total. The number of fused-ring (bicyclic) bond motifs is 1. The van der Waals surface area contributed by atoms with Crippen molar-refractivity contribution in [1.29, 1.82) is 0 Å². The number of carbonyl (C=O) groups excluding carboxylic acids is 2. The molecule has 1 aromatic heterocycles. The molecule has 2 heterocycles. The maximum atomic E-state index is 12.4. The van der Waals surface area contributed by atoms with E-state index >= 15 is 0 Å². The number of carbonyl (C=O) groups is 2. The molecule has 1 aliphatic rings. The summed E-state index contributed by atoms with van der Waals surface area (Å²) < 4.78 is 5.61. The van der Waals surface area contributed by atoms with E-state index in [0.29, 0.717) is 11.4 Å². The molecule has 0 bridgehead atoms.